The molecule has 7 heteroatoms. The summed E-state index contributed by atoms with van der Waals surface area (Å²) in [5.41, 5.74) is 9.02. The molecule has 0 amide bonds. The molecule has 0 saturated heterocycles. The third-order valence-corrected chi connectivity index (χ3v) is 7.59. The summed E-state index contributed by atoms with van der Waals surface area (Å²) in [6.07, 6.45) is 0. The van der Waals surface area contributed by atoms with E-state index in [0.29, 0.717) is 24.1 Å². The van der Waals surface area contributed by atoms with Crippen LogP contribution in [0.4, 0.5) is 20.2 Å². The van der Waals surface area contributed by atoms with Crippen molar-refractivity contribution in [3.05, 3.63) is 130 Å². The average molecular weight is 694 g/mol. The van der Waals surface area contributed by atoms with Crippen LogP contribution in [0.25, 0.3) is 0 Å². The number of benzene rings is 4. The van der Waals surface area contributed by atoms with Crippen molar-refractivity contribution in [1.29, 1.82) is 0 Å². The minimum absolute atomic E-state index is 0.234. The molecule has 0 bridgehead atoms. The van der Waals surface area contributed by atoms with Crippen LogP contribution >= 0.6 is 20.4 Å². The fourth-order valence-corrected chi connectivity index (χ4v) is 5.23. The first kappa shape index (κ1) is 36.6. The van der Waals surface area contributed by atoms with Crippen LogP contribution in [0.5, 0.6) is 0 Å². The second kappa shape index (κ2) is 17.2. The molecule has 0 unspecified atom stereocenters. The Bertz CT molecular complexity index is 1440. The van der Waals surface area contributed by atoms with Crippen molar-refractivity contribution in [2.45, 2.75) is 79.1 Å². The molecule has 0 aromatic heterocycles. The second-order valence-electron chi connectivity index (χ2n) is 12.2. The molecule has 0 aliphatic carbocycles. The van der Waals surface area contributed by atoms with Crippen LogP contribution < -0.4 is 0 Å². The van der Waals surface area contributed by atoms with Crippen molar-refractivity contribution >= 4 is 43.2 Å². The van der Waals surface area contributed by atoms with Gasteiger partial charge in [0.05, 0.1) is 22.8 Å². The van der Waals surface area contributed by atoms with Gasteiger partial charge in [0, 0.05) is 11.1 Å². The first-order valence-electron chi connectivity index (χ1n) is 15.2. The number of hydrogen-bond acceptors (Lipinski definition) is 2. The maximum atomic E-state index is 14.2. The van der Waals surface area contributed by atoms with E-state index in [9.17, 15) is 8.78 Å². The molecule has 4 aromatic carbocycles. The number of para-hydroxylation sites is 2. The summed E-state index contributed by atoms with van der Waals surface area (Å²) in [6, 6.07) is 25.5. The van der Waals surface area contributed by atoms with Gasteiger partial charge in [-0.1, -0.05) is 91.8 Å². The van der Waals surface area contributed by atoms with Gasteiger partial charge in [-0.3, -0.25) is 0 Å². The van der Waals surface area contributed by atoms with E-state index in [1.54, 1.807) is 24.3 Å². The van der Waals surface area contributed by atoms with Gasteiger partial charge in [0.1, 0.15) is 11.6 Å². The minimum atomic E-state index is -0.323. The van der Waals surface area contributed by atoms with Crippen LogP contribution in [0.15, 0.2) is 94.9 Å². The average Bonchev–Trinajstić information content (AvgIpc) is 2.99. The molecule has 0 N–H and O–H groups in total. The van der Waals surface area contributed by atoms with Crippen LogP contribution in [-0.2, 0) is 12.7 Å². The van der Waals surface area contributed by atoms with Crippen molar-refractivity contribution in [2.24, 2.45) is 9.98 Å². The predicted octanol–water partition coefficient (Wildman–Crippen LogP) is 12.8. The summed E-state index contributed by atoms with van der Waals surface area (Å²) >= 11 is 0.569. The van der Waals surface area contributed by atoms with Crippen LogP contribution in [0.1, 0.15) is 112 Å². The molecule has 0 atom stereocenters. The van der Waals surface area contributed by atoms with E-state index in [0.717, 1.165) is 44.8 Å². The molecular formula is C38H42Cl2F2N2Ni. The molecule has 0 aliphatic rings. The Hall–Kier alpha value is -2.85. The van der Waals surface area contributed by atoms with Gasteiger partial charge in [-0.15, -0.1) is 0 Å². The third kappa shape index (κ3) is 9.58. The first-order chi connectivity index (χ1) is 21.4. The van der Waals surface area contributed by atoms with E-state index >= 15 is 0 Å². The van der Waals surface area contributed by atoms with Gasteiger partial charge in [-0.2, -0.15) is 0 Å². The molecule has 2 nitrogen and oxygen atoms in total. The quantitative estimate of drug-likeness (QED) is 0.123. The molecule has 0 saturated carbocycles. The molecule has 0 radical (unpaired) electrons. The summed E-state index contributed by atoms with van der Waals surface area (Å²) in [4.78, 5) is 10.8. The van der Waals surface area contributed by atoms with Gasteiger partial charge in [-0.25, -0.2) is 18.8 Å². The molecular weight excluding hydrogens is 652 g/mol. The van der Waals surface area contributed by atoms with Crippen LogP contribution in [-0.4, -0.2) is 11.4 Å². The van der Waals surface area contributed by atoms with Crippen molar-refractivity contribution in [3.63, 3.8) is 0 Å². The van der Waals surface area contributed by atoms with Crippen molar-refractivity contribution in [1.82, 2.24) is 0 Å². The van der Waals surface area contributed by atoms with Gasteiger partial charge in [0.25, 0.3) is 0 Å². The molecule has 0 aliphatic heterocycles. The molecule has 242 valence electrons. The summed E-state index contributed by atoms with van der Waals surface area (Å²) < 4.78 is 28.4. The van der Waals surface area contributed by atoms with Gasteiger partial charge in [0.15, 0.2) is 0 Å². The predicted molar refractivity (Wildman–Crippen MR) is 186 cm³/mol. The molecule has 4 rings (SSSR count). The Labute approximate surface area is 282 Å². The Morgan fingerprint density at radius 2 is 0.733 bits per heavy atom. The van der Waals surface area contributed by atoms with Crippen LogP contribution in [0.2, 0.25) is 0 Å². The summed E-state index contributed by atoms with van der Waals surface area (Å²) in [5, 5.41) is 0. The summed E-state index contributed by atoms with van der Waals surface area (Å²) in [7, 11) is 9.40. The van der Waals surface area contributed by atoms with Gasteiger partial charge >= 0.3 is 33.0 Å². The zero-order chi connectivity index (χ0) is 33.3. The normalized spacial score (nSPS) is 12.4. The maximum absolute atomic E-state index is 14.2. The number of nitrogens with zero attached hydrogens (tertiary/aromatic N) is 2. The van der Waals surface area contributed by atoms with Gasteiger partial charge in [-0.05, 0) is 94.5 Å². The third-order valence-electron chi connectivity index (χ3n) is 7.59. The van der Waals surface area contributed by atoms with E-state index in [-0.39, 0.29) is 35.3 Å². The number of aliphatic imine (C=N–C) groups is 2. The Morgan fingerprint density at radius 3 is 0.956 bits per heavy atom. The molecule has 0 heterocycles. The summed E-state index contributed by atoms with van der Waals surface area (Å²) in [5.74, 6) is 0.288. The van der Waals surface area contributed by atoms with Crippen LogP contribution in [0.3, 0.4) is 0 Å². The summed E-state index contributed by atoms with van der Waals surface area (Å²) in [6.45, 7) is 17.3. The van der Waals surface area contributed by atoms with Crippen LogP contribution in [0, 0.1) is 11.6 Å². The van der Waals surface area contributed by atoms with E-state index < -0.39 is 0 Å². The second-order valence-corrected chi connectivity index (χ2v) is 13.8. The van der Waals surface area contributed by atoms with Crippen molar-refractivity contribution in [3.8, 4) is 0 Å². The molecule has 45 heavy (non-hydrogen) atoms. The van der Waals surface area contributed by atoms with E-state index in [1.807, 2.05) is 0 Å². The number of rotatable bonds is 9. The molecule has 0 spiro atoms. The van der Waals surface area contributed by atoms with Crippen molar-refractivity contribution in [2.75, 3.05) is 0 Å². The zero-order valence-electron chi connectivity index (χ0n) is 27.1. The zero-order valence-corrected chi connectivity index (χ0v) is 29.6. The van der Waals surface area contributed by atoms with Gasteiger partial charge in [0.2, 0.25) is 0 Å². The van der Waals surface area contributed by atoms with E-state index in [1.165, 1.54) is 24.3 Å². The van der Waals surface area contributed by atoms with E-state index in [2.05, 4.69) is 91.8 Å². The van der Waals surface area contributed by atoms with Crippen molar-refractivity contribution < 1.29 is 21.4 Å². The first-order valence-corrected chi connectivity index (χ1v) is 17.9. The van der Waals surface area contributed by atoms with Gasteiger partial charge < -0.3 is 0 Å². The number of hydrogen-bond donors (Lipinski definition) is 0. The monoisotopic (exact) mass is 692 g/mol. The van der Waals surface area contributed by atoms with E-state index in [4.69, 9.17) is 30.4 Å². The molecule has 4 aromatic rings. The SMILES string of the molecule is CC(C)c1cccc(C(C)C)c1N=C(C(=Nc1c(C(C)C)cccc1C(C)C)c1ccc(F)cc1)c1ccc(F)cc1.[Cl][Ni][Cl]. The molecule has 0 fully saturated rings. The number of halogens is 4. The Morgan fingerprint density at radius 1 is 0.489 bits per heavy atom. The fraction of sp³-hybridized carbons (Fsp3) is 0.316. The standard InChI is InChI=1S/C38H42F2N2.2ClH.Ni/c1-23(2)31-11-9-12-32(24(3)4)37(31)41-35(27-15-19-29(39)20-16-27)36(28-17-21-30(40)22-18-28)42-38-33(25(5)6)13-10-14-34(38)26(7)8;;;/h9-26H,1-8H3;2*1H;/q;;;+2/p-2. The fourth-order valence-electron chi connectivity index (χ4n) is 5.23. The Kier molecular flexibility index (Phi) is 14.0. The topological polar surface area (TPSA) is 24.7 Å². The Balaban J connectivity index is 0.00000177.